The number of halogens is 1. The molecule has 1 aromatic carbocycles. The van der Waals surface area contributed by atoms with Crippen LogP contribution in [-0.2, 0) is 0 Å². The summed E-state index contributed by atoms with van der Waals surface area (Å²) in [4.78, 5) is 18.9. The maximum Gasteiger partial charge on any atom is 0.233 e. The van der Waals surface area contributed by atoms with E-state index in [9.17, 15) is 4.39 Å². The van der Waals surface area contributed by atoms with Gasteiger partial charge in [-0.25, -0.2) is 4.39 Å². The van der Waals surface area contributed by atoms with Gasteiger partial charge < -0.3 is 20.3 Å². The summed E-state index contributed by atoms with van der Waals surface area (Å²) in [6, 6.07) is 5.24. The predicted molar refractivity (Wildman–Crippen MR) is 135 cm³/mol. The quantitative estimate of drug-likeness (QED) is 0.517. The molecule has 34 heavy (non-hydrogen) atoms. The number of hydrogen-bond donors (Lipinski definition) is 2. The minimum absolute atomic E-state index is 0.202. The monoisotopic (exact) mass is 471 g/mol. The lowest BCUT2D eigenvalue weighted by Crippen LogP contribution is -2.43. The first-order valence-corrected chi connectivity index (χ1v) is 12.6. The Kier molecular flexibility index (Phi) is 8.37. The van der Waals surface area contributed by atoms with Crippen LogP contribution in [0.3, 0.4) is 0 Å². The molecule has 1 saturated heterocycles. The molecule has 0 radical (unpaired) electrons. The van der Waals surface area contributed by atoms with E-state index in [0.29, 0.717) is 35.5 Å². The van der Waals surface area contributed by atoms with Crippen molar-refractivity contribution in [1.29, 1.82) is 0 Å². The van der Waals surface area contributed by atoms with Gasteiger partial charge in [-0.2, -0.15) is 15.0 Å². The number of nitrogens with one attached hydrogen (secondary N) is 2. The van der Waals surface area contributed by atoms with Crippen molar-refractivity contribution in [3.8, 4) is 5.75 Å². The van der Waals surface area contributed by atoms with Crippen LogP contribution < -0.4 is 20.3 Å². The summed E-state index contributed by atoms with van der Waals surface area (Å²) in [5, 5.41) is 6.21. The second kappa shape index (κ2) is 11.6. The molecule has 2 aromatic rings. The fourth-order valence-corrected chi connectivity index (χ4v) is 5.24. The molecule has 2 aliphatic rings. The molecule has 1 aliphatic heterocycles. The number of aromatic nitrogens is 3. The van der Waals surface area contributed by atoms with Gasteiger partial charge in [-0.3, -0.25) is 4.90 Å². The van der Waals surface area contributed by atoms with E-state index in [1.807, 2.05) is 0 Å². The van der Waals surface area contributed by atoms with Crippen molar-refractivity contribution in [2.75, 3.05) is 55.9 Å². The van der Waals surface area contributed by atoms with Crippen LogP contribution in [0.25, 0.3) is 0 Å². The lowest BCUT2D eigenvalue weighted by molar-refractivity contribution is 0.262. The minimum atomic E-state index is -0.435. The Hall–Kier alpha value is -2.68. The third-order valence-corrected chi connectivity index (χ3v) is 7.08. The van der Waals surface area contributed by atoms with Gasteiger partial charge in [0.1, 0.15) is 0 Å². The molecule has 1 aliphatic carbocycles. The highest BCUT2D eigenvalue weighted by molar-refractivity contribution is 5.57. The van der Waals surface area contributed by atoms with Gasteiger partial charge in [-0.1, -0.05) is 26.2 Å². The zero-order valence-corrected chi connectivity index (χ0v) is 20.7. The van der Waals surface area contributed by atoms with Crippen molar-refractivity contribution in [3.63, 3.8) is 0 Å². The summed E-state index contributed by atoms with van der Waals surface area (Å²) in [6.45, 7) is 6.33. The Morgan fingerprint density at radius 3 is 2.56 bits per heavy atom. The van der Waals surface area contributed by atoms with E-state index >= 15 is 0 Å². The number of rotatable bonds is 10. The van der Waals surface area contributed by atoms with Crippen LogP contribution in [0.2, 0.25) is 0 Å². The normalized spacial score (nSPS) is 19.2. The van der Waals surface area contributed by atoms with E-state index in [1.54, 1.807) is 19.2 Å². The van der Waals surface area contributed by atoms with E-state index in [0.717, 1.165) is 26.2 Å². The third-order valence-electron chi connectivity index (χ3n) is 7.08. The number of nitrogens with zero attached hydrogens (tertiary/aromatic N) is 5. The Bertz CT molecular complexity index is 937. The first kappa shape index (κ1) is 24.4. The Balaban J connectivity index is 1.60. The summed E-state index contributed by atoms with van der Waals surface area (Å²) < 4.78 is 19.2. The largest absolute Gasteiger partial charge is 0.494 e. The molecule has 0 spiro atoms. The van der Waals surface area contributed by atoms with Gasteiger partial charge in [0, 0.05) is 37.9 Å². The molecule has 9 heteroatoms. The van der Waals surface area contributed by atoms with Crippen LogP contribution in [0.15, 0.2) is 18.2 Å². The third kappa shape index (κ3) is 6.05. The van der Waals surface area contributed by atoms with Crippen LogP contribution in [0.5, 0.6) is 5.75 Å². The number of anilines is 4. The molecule has 0 amide bonds. The minimum Gasteiger partial charge on any atom is -0.494 e. The fraction of sp³-hybridized carbons (Fsp3) is 0.640. The summed E-state index contributed by atoms with van der Waals surface area (Å²) in [5.41, 5.74) is 0.560. The maximum atomic E-state index is 14.2. The van der Waals surface area contributed by atoms with Crippen LogP contribution in [-0.4, -0.2) is 66.2 Å². The smallest absolute Gasteiger partial charge is 0.233 e. The highest BCUT2D eigenvalue weighted by Crippen LogP contribution is 2.28. The van der Waals surface area contributed by atoms with Gasteiger partial charge in [0.15, 0.2) is 11.6 Å². The van der Waals surface area contributed by atoms with Gasteiger partial charge in [-0.15, -0.1) is 0 Å². The van der Waals surface area contributed by atoms with Crippen LogP contribution in [0, 0.1) is 11.7 Å². The molecule has 2 fully saturated rings. The molecule has 186 valence electrons. The van der Waals surface area contributed by atoms with Crippen molar-refractivity contribution in [2.24, 2.45) is 5.92 Å². The zero-order valence-electron chi connectivity index (χ0n) is 20.7. The van der Waals surface area contributed by atoms with Gasteiger partial charge in [0.05, 0.1) is 7.11 Å². The molecule has 2 N–H and O–H groups in total. The molecule has 1 unspecified atom stereocenters. The lowest BCUT2D eigenvalue weighted by atomic mass is 9.89. The van der Waals surface area contributed by atoms with Crippen LogP contribution >= 0.6 is 0 Å². The standard InChI is InChI=1S/C25H38FN7O/c1-4-32-14-8-11-20(32)17-33(16-18-9-6-5-7-10-18)25-30-23(27-2)29-24(31-25)28-19-12-13-22(34-3)21(26)15-19/h12-13,15,18,20H,4-11,14,16-17H2,1-3H3,(H2,27,28,29,30,31). The van der Waals surface area contributed by atoms with Gasteiger partial charge in [0.2, 0.25) is 17.8 Å². The highest BCUT2D eigenvalue weighted by atomic mass is 19.1. The average molecular weight is 472 g/mol. The number of likely N-dealkylation sites (N-methyl/N-ethyl adjacent to an activating group) is 1. The molecule has 8 nitrogen and oxygen atoms in total. The van der Waals surface area contributed by atoms with Crippen molar-refractivity contribution in [3.05, 3.63) is 24.0 Å². The highest BCUT2D eigenvalue weighted by Gasteiger charge is 2.28. The number of methoxy groups -OCH3 is 1. The van der Waals surface area contributed by atoms with E-state index in [2.05, 4.69) is 32.3 Å². The van der Waals surface area contributed by atoms with Crippen molar-refractivity contribution in [1.82, 2.24) is 19.9 Å². The molecular formula is C25H38FN7O. The summed E-state index contributed by atoms with van der Waals surface area (Å²) >= 11 is 0. The van der Waals surface area contributed by atoms with E-state index in [-0.39, 0.29) is 5.75 Å². The molecule has 1 atom stereocenters. The van der Waals surface area contributed by atoms with E-state index < -0.39 is 5.82 Å². The molecule has 1 aromatic heterocycles. The van der Waals surface area contributed by atoms with Crippen molar-refractivity contribution in [2.45, 2.75) is 57.9 Å². The first-order valence-electron chi connectivity index (χ1n) is 12.6. The summed E-state index contributed by atoms with van der Waals surface area (Å²) in [5.74, 6) is 1.99. The molecule has 0 bridgehead atoms. The second-order valence-corrected chi connectivity index (χ2v) is 9.34. The summed E-state index contributed by atoms with van der Waals surface area (Å²) in [7, 11) is 3.26. The zero-order chi connectivity index (χ0) is 23.9. The summed E-state index contributed by atoms with van der Waals surface area (Å²) in [6.07, 6.45) is 8.91. The average Bonchev–Trinajstić information content (AvgIpc) is 3.31. The number of hydrogen-bond acceptors (Lipinski definition) is 8. The predicted octanol–water partition coefficient (Wildman–Crippen LogP) is 4.68. The molecular weight excluding hydrogens is 433 g/mol. The number of ether oxygens (including phenoxy) is 1. The Morgan fingerprint density at radius 2 is 1.85 bits per heavy atom. The molecule has 4 rings (SSSR count). The fourth-order valence-electron chi connectivity index (χ4n) is 5.24. The van der Waals surface area contributed by atoms with E-state index in [4.69, 9.17) is 14.7 Å². The Morgan fingerprint density at radius 1 is 1.06 bits per heavy atom. The van der Waals surface area contributed by atoms with E-state index in [1.165, 1.54) is 58.1 Å². The van der Waals surface area contributed by atoms with Gasteiger partial charge in [-0.05, 0) is 56.8 Å². The maximum absolute atomic E-state index is 14.2. The second-order valence-electron chi connectivity index (χ2n) is 9.34. The topological polar surface area (TPSA) is 78.4 Å². The van der Waals surface area contributed by atoms with Gasteiger partial charge in [0.25, 0.3) is 0 Å². The van der Waals surface area contributed by atoms with Crippen molar-refractivity contribution >= 4 is 23.5 Å². The van der Waals surface area contributed by atoms with Gasteiger partial charge >= 0.3 is 0 Å². The SMILES string of the molecule is CCN1CCCC1CN(CC1CCCCC1)c1nc(NC)nc(Nc2ccc(OC)c(F)c2)n1. The lowest BCUT2D eigenvalue weighted by Gasteiger charge is -2.34. The Labute approximate surface area is 202 Å². The molecule has 2 heterocycles. The molecule has 1 saturated carbocycles. The first-order chi connectivity index (χ1) is 16.6. The number of likely N-dealkylation sites (tertiary alicyclic amines) is 1. The van der Waals surface area contributed by atoms with Crippen LogP contribution in [0.1, 0.15) is 51.9 Å². The van der Waals surface area contributed by atoms with Crippen molar-refractivity contribution < 1.29 is 9.13 Å². The van der Waals surface area contributed by atoms with Crippen LogP contribution in [0.4, 0.5) is 27.9 Å². The number of benzene rings is 1.